The first-order valence-electron chi connectivity index (χ1n) is 10.3. The number of halogens is 1. The van der Waals surface area contributed by atoms with E-state index in [9.17, 15) is 14.4 Å². The summed E-state index contributed by atoms with van der Waals surface area (Å²) in [5, 5.41) is 3.72. The summed E-state index contributed by atoms with van der Waals surface area (Å²) in [6.45, 7) is 0.559. The lowest BCUT2D eigenvalue weighted by atomic mass is 10.1. The number of hydrogen-bond acceptors (Lipinski definition) is 3. The van der Waals surface area contributed by atoms with Crippen LogP contribution in [-0.4, -0.2) is 22.4 Å². The Balaban J connectivity index is 1.60. The summed E-state index contributed by atoms with van der Waals surface area (Å²) in [7, 11) is 0. The Bertz CT molecular complexity index is 1420. The lowest BCUT2D eigenvalue weighted by Gasteiger charge is -2.26. The molecule has 1 aliphatic heterocycles. The van der Waals surface area contributed by atoms with E-state index in [-0.39, 0.29) is 5.57 Å². The molecule has 4 aromatic rings. The number of imide groups is 2. The number of carbonyl (C=O) groups excluding carboxylic acids is 3. The molecular formula is C26H18ClN3O3. The maximum atomic E-state index is 13.3. The largest absolute Gasteiger partial charge is 0.336 e. The van der Waals surface area contributed by atoms with Crippen LogP contribution in [0.5, 0.6) is 0 Å². The van der Waals surface area contributed by atoms with Crippen LogP contribution in [0.15, 0.2) is 90.5 Å². The molecule has 33 heavy (non-hydrogen) atoms. The minimum absolute atomic E-state index is 0.123. The molecule has 0 spiro atoms. The van der Waals surface area contributed by atoms with E-state index < -0.39 is 17.8 Å². The van der Waals surface area contributed by atoms with Crippen LogP contribution in [0.25, 0.3) is 17.0 Å². The molecule has 1 aromatic heterocycles. The average Bonchev–Trinajstić information content (AvgIpc) is 3.15. The highest BCUT2D eigenvalue weighted by molar-refractivity contribution is 6.39. The Morgan fingerprint density at radius 2 is 1.55 bits per heavy atom. The van der Waals surface area contributed by atoms with E-state index >= 15 is 0 Å². The zero-order valence-electron chi connectivity index (χ0n) is 17.4. The first-order chi connectivity index (χ1) is 16.0. The predicted molar refractivity (Wildman–Crippen MR) is 128 cm³/mol. The summed E-state index contributed by atoms with van der Waals surface area (Å²) in [4.78, 5) is 39.3. The normalized spacial score (nSPS) is 15.4. The number of fused-ring (bicyclic) bond motifs is 1. The minimum atomic E-state index is -0.797. The molecular weight excluding hydrogens is 438 g/mol. The third kappa shape index (κ3) is 3.92. The molecule has 1 fully saturated rings. The van der Waals surface area contributed by atoms with Crippen LogP contribution >= 0.6 is 11.6 Å². The van der Waals surface area contributed by atoms with Crippen molar-refractivity contribution in [2.45, 2.75) is 6.54 Å². The summed E-state index contributed by atoms with van der Waals surface area (Å²) in [5.74, 6) is -1.42. The number of anilines is 1. The van der Waals surface area contributed by atoms with Crippen LogP contribution in [0.2, 0.25) is 5.02 Å². The molecule has 1 saturated heterocycles. The quantitative estimate of drug-likeness (QED) is 0.347. The van der Waals surface area contributed by atoms with Crippen molar-refractivity contribution in [3.05, 3.63) is 107 Å². The summed E-state index contributed by atoms with van der Waals surface area (Å²) in [5.41, 5.74) is 2.94. The highest BCUT2D eigenvalue weighted by atomic mass is 35.5. The fraction of sp³-hybridized carbons (Fsp3) is 0.0385. The van der Waals surface area contributed by atoms with Crippen molar-refractivity contribution in [2.24, 2.45) is 0 Å². The summed E-state index contributed by atoms with van der Waals surface area (Å²) >= 11 is 5.93. The zero-order valence-corrected chi connectivity index (χ0v) is 18.1. The second-order valence-corrected chi connectivity index (χ2v) is 8.07. The lowest BCUT2D eigenvalue weighted by molar-refractivity contribution is -0.122. The maximum Gasteiger partial charge on any atom is 0.335 e. The summed E-state index contributed by atoms with van der Waals surface area (Å²) < 4.78 is 2.04. The van der Waals surface area contributed by atoms with Gasteiger partial charge in [-0.25, -0.2) is 9.69 Å². The SMILES string of the molecule is O=C1NC(=O)N(c2ccc(Cl)cc2)C(=O)/C1=C/c1cc2ccccc2n1Cc1ccccc1. The number of aromatic nitrogens is 1. The molecule has 0 aliphatic carbocycles. The monoisotopic (exact) mass is 455 g/mol. The van der Waals surface area contributed by atoms with Crippen LogP contribution in [-0.2, 0) is 16.1 Å². The number of hydrogen-bond donors (Lipinski definition) is 1. The molecule has 0 radical (unpaired) electrons. The average molecular weight is 456 g/mol. The number of nitrogens with zero attached hydrogens (tertiary/aromatic N) is 2. The Morgan fingerprint density at radius 3 is 2.30 bits per heavy atom. The van der Waals surface area contributed by atoms with Gasteiger partial charge in [-0.15, -0.1) is 0 Å². The van der Waals surface area contributed by atoms with E-state index in [1.807, 2.05) is 65.2 Å². The number of amides is 4. The van der Waals surface area contributed by atoms with Crippen molar-refractivity contribution < 1.29 is 14.4 Å². The van der Waals surface area contributed by atoms with Gasteiger partial charge in [0.25, 0.3) is 11.8 Å². The molecule has 6 nitrogen and oxygen atoms in total. The number of benzene rings is 3. The maximum absolute atomic E-state index is 13.3. The van der Waals surface area contributed by atoms with Crippen molar-refractivity contribution in [2.75, 3.05) is 4.90 Å². The van der Waals surface area contributed by atoms with E-state index in [1.165, 1.54) is 6.08 Å². The number of para-hydroxylation sites is 1. The van der Waals surface area contributed by atoms with Gasteiger partial charge in [-0.1, -0.05) is 60.1 Å². The van der Waals surface area contributed by atoms with Crippen molar-refractivity contribution in [3.63, 3.8) is 0 Å². The second kappa shape index (κ2) is 8.41. The summed E-state index contributed by atoms with van der Waals surface area (Å²) in [6, 6.07) is 25.2. The summed E-state index contributed by atoms with van der Waals surface area (Å²) in [6.07, 6.45) is 1.54. The van der Waals surface area contributed by atoms with Gasteiger partial charge < -0.3 is 4.57 Å². The van der Waals surface area contributed by atoms with E-state index in [1.54, 1.807) is 24.3 Å². The van der Waals surface area contributed by atoms with E-state index in [0.29, 0.717) is 22.9 Å². The number of urea groups is 1. The predicted octanol–water partition coefficient (Wildman–Crippen LogP) is 5.01. The molecule has 0 bridgehead atoms. The number of barbiturate groups is 1. The first-order valence-corrected chi connectivity index (χ1v) is 10.7. The molecule has 3 aromatic carbocycles. The van der Waals surface area contributed by atoms with Crippen molar-refractivity contribution in [3.8, 4) is 0 Å². The third-order valence-electron chi connectivity index (χ3n) is 5.50. The van der Waals surface area contributed by atoms with Crippen LogP contribution in [0, 0.1) is 0 Å². The third-order valence-corrected chi connectivity index (χ3v) is 5.76. The van der Waals surface area contributed by atoms with E-state index in [4.69, 9.17) is 11.6 Å². The molecule has 0 saturated carbocycles. The standard InChI is InChI=1S/C26H18ClN3O3/c27-19-10-12-20(13-11-19)30-25(32)22(24(31)28-26(30)33)15-21-14-18-8-4-5-9-23(18)29(21)16-17-6-2-1-3-7-17/h1-15H,16H2,(H,28,31,33)/b22-15+. The first kappa shape index (κ1) is 20.7. The zero-order chi connectivity index (χ0) is 22.9. The van der Waals surface area contributed by atoms with Crippen LogP contribution in [0.3, 0.4) is 0 Å². The lowest BCUT2D eigenvalue weighted by Crippen LogP contribution is -2.54. The van der Waals surface area contributed by atoms with Crippen molar-refractivity contribution >= 4 is 52.1 Å². The van der Waals surface area contributed by atoms with Crippen LogP contribution in [0.1, 0.15) is 11.3 Å². The molecule has 1 N–H and O–H groups in total. The molecule has 2 heterocycles. The van der Waals surface area contributed by atoms with Crippen molar-refractivity contribution in [1.29, 1.82) is 0 Å². The molecule has 0 unspecified atom stereocenters. The van der Waals surface area contributed by atoms with Gasteiger partial charge in [-0.2, -0.15) is 0 Å². The number of carbonyl (C=O) groups is 3. The highest BCUT2D eigenvalue weighted by Gasteiger charge is 2.37. The molecule has 5 rings (SSSR count). The Kier molecular flexibility index (Phi) is 5.28. The number of nitrogens with one attached hydrogen (secondary N) is 1. The molecule has 7 heteroatoms. The van der Waals surface area contributed by atoms with Gasteiger partial charge in [-0.05, 0) is 48.0 Å². The minimum Gasteiger partial charge on any atom is -0.336 e. The van der Waals surface area contributed by atoms with Gasteiger partial charge in [0.05, 0.1) is 5.69 Å². The van der Waals surface area contributed by atoms with Gasteiger partial charge in [0.2, 0.25) is 0 Å². The van der Waals surface area contributed by atoms with Gasteiger partial charge in [-0.3, -0.25) is 14.9 Å². The Morgan fingerprint density at radius 1 is 0.848 bits per heavy atom. The van der Waals surface area contributed by atoms with Gasteiger partial charge in [0, 0.05) is 28.2 Å². The van der Waals surface area contributed by atoms with Crippen LogP contribution < -0.4 is 10.2 Å². The number of rotatable bonds is 4. The van der Waals surface area contributed by atoms with E-state index in [2.05, 4.69) is 5.32 Å². The molecule has 1 aliphatic rings. The molecule has 0 atom stereocenters. The molecule has 4 amide bonds. The fourth-order valence-electron chi connectivity index (χ4n) is 3.92. The van der Waals surface area contributed by atoms with Gasteiger partial charge >= 0.3 is 6.03 Å². The smallest absolute Gasteiger partial charge is 0.335 e. The Hall–Kier alpha value is -4.16. The second-order valence-electron chi connectivity index (χ2n) is 7.63. The van der Waals surface area contributed by atoms with Gasteiger partial charge in [0.1, 0.15) is 5.57 Å². The Labute approximate surface area is 194 Å². The highest BCUT2D eigenvalue weighted by Crippen LogP contribution is 2.26. The fourth-order valence-corrected chi connectivity index (χ4v) is 4.05. The molecule has 162 valence electrons. The van der Waals surface area contributed by atoms with E-state index in [0.717, 1.165) is 21.4 Å². The topological polar surface area (TPSA) is 71.4 Å². The van der Waals surface area contributed by atoms with Crippen molar-refractivity contribution in [1.82, 2.24) is 9.88 Å². The van der Waals surface area contributed by atoms with Crippen LogP contribution in [0.4, 0.5) is 10.5 Å². The van der Waals surface area contributed by atoms with Gasteiger partial charge in [0.15, 0.2) is 0 Å².